The van der Waals surface area contributed by atoms with E-state index < -0.39 is 11.7 Å². The van der Waals surface area contributed by atoms with Gasteiger partial charge in [0.05, 0.1) is 0 Å². The van der Waals surface area contributed by atoms with Crippen LogP contribution >= 0.6 is 11.8 Å². The summed E-state index contributed by atoms with van der Waals surface area (Å²) in [7, 11) is 0. The van der Waals surface area contributed by atoms with E-state index in [-0.39, 0.29) is 0 Å². The smallest absolute Gasteiger partial charge is 0.412 e. The van der Waals surface area contributed by atoms with Crippen molar-refractivity contribution in [3.8, 4) is 0 Å². The van der Waals surface area contributed by atoms with Gasteiger partial charge < -0.3 is 4.74 Å². The van der Waals surface area contributed by atoms with Gasteiger partial charge in [-0.3, -0.25) is 5.32 Å². The van der Waals surface area contributed by atoms with Crippen LogP contribution in [0.25, 0.3) is 0 Å². The number of nitrogens with one attached hydrogen (secondary N) is 1. The summed E-state index contributed by atoms with van der Waals surface area (Å²) in [5.74, 6) is 0. The van der Waals surface area contributed by atoms with E-state index in [0.717, 1.165) is 10.6 Å². The van der Waals surface area contributed by atoms with E-state index in [0.29, 0.717) is 5.25 Å². The van der Waals surface area contributed by atoms with Crippen molar-refractivity contribution in [2.45, 2.75) is 50.4 Å². The third-order valence-corrected chi connectivity index (χ3v) is 2.85. The van der Waals surface area contributed by atoms with Crippen LogP contribution in [0.3, 0.4) is 0 Å². The number of amides is 1. The van der Waals surface area contributed by atoms with E-state index in [1.165, 1.54) is 0 Å². The summed E-state index contributed by atoms with van der Waals surface area (Å²) in [4.78, 5) is 12.8. The summed E-state index contributed by atoms with van der Waals surface area (Å²) >= 11 is 1.76. The highest BCUT2D eigenvalue weighted by Crippen LogP contribution is 2.25. The summed E-state index contributed by atoms with van der Waals surface area (Å²) in [6, 6.07) is 7.77. The molecule has 100 valence electrons. The number of hydrogen-bond donors (Lipinski definition) is 1. The van der Waals surface area contributed by atoms with Crippen molar-refractivity contribution in [3.63, 3.8) is 0 Å². The van der Waals surface area contributed by atoms with Crippen molar-refractivity contribution in [1.29, 1.82) is 0 Å². The monoisotopic (exact) mass is 267 g/mol. The quantitative estimate of drug-likeness (QED) is 0.817. The molecule has 0 fully saturated rings. The third-order valence-electron chi connectivity index (χ3n) is 1.85. The van der Waals surface area contributed by atoms with Crippen molar-refractivity contribution in [2.75, 3.05) is 5.32 Å². The highest BCUT2D eigenvalue weighted by atomic mass is 32.2. The molecule has 1 rings (SSSR count). The number of carbonyl (C=O) groups is 1. The lowest BCUT2D eigenvalue weighted by Crippen LogP contribution is -2.27. The van der Waals surface area contributed by atoms with Gasteiger partial charge in [-0.05, 0) is 39.0 Å². The van der Waals surface area contributed by atoms with E-state index in [1.54, 1.807) is 11.8 Å². The molecule has 1 aromatic rings. The maximum Gasteiger partial charge on any atom is 0.412 e. The molecule has 0 heterocycles. The van der Waals surface area contributed by atoms with E-state index in [2.05, 4.69) is 19.2 Å². The Balaban J connectivity index is 2.65. The van der Waals surface area contributed by atoms with Gasteiger partial charge in [0.25, 0.3) is 0 Å². The van der Waals surface area contributed by atoms with E-state index in [4.69, 9.17) is 4.74 Å². The fourth-order valence-corrected chi connectivity index (χ4v) is 2.24. The maximum atomic E-state index is 11.6. The molecule has 0 saturated heterocycles. The maximum absolute atomic E-state index is 11.6. The fourth-order valence-electron chi connectivity index (χ4n) is 1.34. The van der Waals surface area contributed by atoms with Crippen LogP contribution in [-0.4, -0.2) is 16.9 Å². The number of benzene rings is 1. The van der Waals surface area contributed by atoms with Gasteiger partial charge in [-0.15, -0.1) is 11.8 Å². The van der Waals surface area contributed by atoms with Gasteiger partial charge in [0.1, 0.15) is 5.60 Å². The Morgan fingerprint density at radius 2 is 2.00 bits per heavy atom. The highest BCUT2D eigenvalue weighted by Gasteiger charge is 2.16. The summed E-state index contributed by atoms with van der Waals surface area (Å²) in [6.07, 6.45) is -0.422. The lowest BCUT2D eigenvalue weighted by atomic mass is 10.2. The Morgan fingerprint density at radius 1 is 1.33 bits per heavy atom. The predicted octanol–water partition coefficient (Wildman–Crippen LogP) is 4.53. The number of ether oxygens (including phenoxy) is 1. The van der Waals surface area contributed by atoms with Gasteiger partial charge in [0.15, 0.2) is 0 Å². The SMILES string of the molecule is CC(C)Sc1cccc(NC(=O)OC(C)(C)C)c1. The zero-order valence-electron chi connectivity index (χ0n) is 11.6. The van der Waals surface area contributed by atoms with Crippen LogP contribution in [0.4, 0.5) is 10.5 Å². The minimum atomic E-state index is -0.478. The van der Waals surface area contributed by atoms with Crippen LogP contribution in [0.15, 0.2) is 29.2 Å². The molecule has 0 aliphatic rings. The molecule has 0 aliphatic heterocycles. The van der Waals surface area contributed by atoms with Gasteiger partial charge in [0.2, 0.25) is 0 Å². The summed E-state index contributed by atoms with van der Waals surface area (Å²) in [5, 5.41) is 3.25. The molecule has 1 amide bonds. The minimum Gasteiger partial charge on any atom is -0.444 e. The van der Waals surface area contributed by atoms with E-state index >= 15 is 0 Å². The van der Waals surface area contributed by atoms with Gasteiger partial charge in [-0.1, -0.05) is 19.9 Å². The topological polar surface area (TPSA) is 38.3 Å². The molecule has 0 aromatic heterocycles. The first kappa shape index (κ1) is 14.9. The molecule has 0 spiro atoms. The molecule has 1 N–H and O–H groups in total. The van der Waals surface area contributed by atoms with Crippen LogP contribution < -0.4 is 5.32 Å². The number of hydrogen-bond acceptors (Lipinski definition) is 3. The molecular formula is C14H21NO2S. The first-order chi connectivity index (χ1) is 8.26. The molecule has 0 unspecified atom stereocenters. The molecule has 0 aliphatic carbocycles. The Bertz CT molecular complexity index is 411. The molecule has 1 aromatic carbocycles. The van der Waals surface area contributed by atoms with Crippen LogP contribution in [0.5, 0.6) is 0 Å². The average molecular weight is 267 g/mol. The van der Waals surface area contributed by atoms with Gasteiger partial charge in [0, 0.05) is 15.8 Å². The number of anilines is 1. The van der Waals surface area contributed by atoms with Crippen LogP contribution in [0.1, 0.15) is 34.6 Å². The normalized spacial score (nSPS) is 11.4. The van der Waals surface area contributed by atoms with Crippen molar-refractivity contribution in [2.24, 2.45) is 0 Å². The number of thioether (sulfide) groups is 1. The van der Waals surface area contributed by atoms with Gasteiger partial charge in [-0.25, -0.2) is 4.79 Å². The molecule has 4 heteroatoms. The average Bonchev–Trinajstić information content (AvgIpc) is 2.13. The van der Waals surface area contributed by atoms with Crippen LogP contribution in [0.2, 0.25) is 0 Å². The van der Waals surface area contributed by atoms with E-state index in [9.17, 15) is 4.79 Å². The highest BCUT2D eigenvalue weighted by molar-refractivity contribution is 7.99. The Hall–Kier alpha value is -1.16. The zero-order chi connectivity index (χ0) is 13.8. The van der Waals surface area contributed by atoms with Crippen molar-refractivity contribution >= 4 is 23.5 Å². The van der Waals surface area contributed by atoms with Crippen molar-refractivity contribution in [3.05, 3.63) is 24.3 Å². The number of rotatable bonds is 3. The standard InChI is InChI=1S/C14H21NO2S/c1-10(2)18-12-8-6-7-11(9-12)15-13(16)17-14(3,4)5/h6-10H,1-5H3,(H,15,16). The fraction of sp³-hybridized carbons (Fsp3) is 0.500. The lowest BCUT2D eigenvalue weighted by molar-refractivity contribution is 0.0636. The molecule has 0 atom stereocenters. The first-order valence-electron chi connectivity index (χ1n) is 6.03. The third kappa shape index (κ3) is 5.96. The lowest BCUT2D eigenvalue weighted by Gasteiger charge is -2.19. The zero-order valence-corrected chi connectivity index (χ0v) is 12.4. The van der Waals surface area contributed by atoms with Crippen LogP contribution in [0, 0.1) is 0 Å². The molecule has 3 nitrogen and oxygen atoms in total. The molecular weight excluding hydrogens is 246 g/mol. The Labute approximate surface area is 113 Å². The van der Waals surface area contributed by atoms with E-state index in [1.807, 2.05) is 45.0 Å². The summed E-state index contributed by atoms with van der Waals surface area (Å²) in [6.45, 7) is 9.81. The first-order valence-corrected chi connectivity index (χ1v) is 6.91. The Morgan fingerprint density at radius 3 is 2.56 bits per heavy atom. The molecule has 18 heavy (non-hydrogen) atoms. The predicted molar refractivity (Wildman–Crippen MR) is 77.3 cm³/mol. The molecule has 0 bridgehead atoms. The molecule has 0 radical (unpaired) electrons. The largest absolute Gasteiger partial charge is 0.444 e. The van der Waals surface area contributed by atoms with Crippen LogP contribution in [-0.2, 0) is 4.74 Å². The molecule has 0 saturated carbocycles. The number of carbonyl (C=O) groups excluding carboxylic acids is 1. The second-order valence-corrected chi connectivity index (χ2v) is 6.97. The Kier molecular flexibility index (Phi) is 5.08. The van der Waals surface area contributed by atoms with Crippen molar-refractivity contribution < 1.29 is 9.53 Å². The minimum absolute atomic E-state index is 0.422. The van der Waals surface area contributed by atoms with Gasteiger partial charge >= 0.3 is 6.09 Å². The second-order valence-electron chi connectivity index (χ2n) is 5.32. The second kappa shape index (κ2) is 6.14. The summed E-state index contributed by atoms with van der Waals surface area (Å²) in [5.41, 5.74) is 0.281. The van der Waals surface area contributed by atoms with Crippen molar-refractivity contribution in [1.82, 2.24) is 0 Å². The van der Waals surface area contributed by atoms with Gasteiger partial charge in [-0.2, -0.15) is 0 Å². The summed E-state index contributed by atoms with van der Waals surface area (Å²) < 4.78 is 5.21.